The van der Waals surface area contributed by atoms with Gasteiger partial charge < -0.3 is 26.0 Å². The molecule has 0 saturated carbocycles. The van der Waals surface area contributed by atoms with Crippen LogP contribution in [0.15, 0.2) is 36.5 Å². The summed E-state index contributed by atoms with van der Waals surface area (Å²) in [4.78, 5) is 16.9. The molecular weight excluding hydrogens is 668 g/mol. The fourth-order valence-corrected chi connectivity index (χ4v) is 7.59. The Bertz CT molecular complexity index is 2070. The first-order valence-electron chi connectivity index (χ1n) is 15.0. The number of fused-ring (bicyclic) bond motifs is 2. The van der Waals surface area contributed by atoms with Crippen molar-refractivity contribution in [2.45, 2.75) is 25.8 Å². The number of hydrogen-bond acceptors (Lipinski definition) is 10. The number of alkyl halides is 2. The molecule has 0 unspecified atom stereocenters. The van der Waals surface area contributed by atoms with E-state index in [2.05, 4.69) is 15.0 Å². The van der Waals surface area contributed by atoms with E-state index in [-0.39, 0.29) is 66.1 Å². The summed E-state index contributed by atoms with van der Waals surface area (Å²) in [5, 5.41) is 10.2. The van der Waals surface area contributed by atoms with Crippen LogP contribution in [0.4, 0.5) is 34.2 Å². The number of ether oxygens (including phenoxy) is 1. The van der Waals surface area contributed by atoms with Gasteiger partial charge in [0.2, 0.25) is 6.43 Å². The Labute approximate surface area is 282 Å². The maximum Gasteiger partial charge on any atom is 0.319 e. The van der Waals surface area contributed by atoms with Crippen molar-refractivity contribution in [3.63, 3.8) is 0 Å². The van der Waals surface area contributed by atoms with Gasteiger partial charge in [-0.05, 0) is 50.7 Å². The molecule has 48 heavy (non-hydrogen) atoms. The van der Waals surface area contributed by atoms with E-state index in [1.807, 2.05) is 24.9 Å². The van der Waals surface area contributed by atoms with E-state index in [1.165, 1.54) is 12.1 Å². The molecule has 0 aliphatic carbocycles. The average Bonchev–Trinajstić information content (AvgIpc) is 3.40. The molecule has 9 nitrogen and oxygen atoms in total. The Morgan fingerprint density at radius 1 is 1.23 bits per heavy atom. The number of halogens is 5. The SMILES string of the molecule is C[C@H](c1cccnc1N)N(C)c1nc(OC[C@H]2CN(C)CC[C@H]2C(F)F)nc2c(F)c(-c3ccc(F)c4sc(N)c(C#N)c34)c(Cl)cc12. The van der Waals surface area contributed by atoms with Crippen LogP contribution in [0.5, 0.6) is 6.01 Å². The second-order valence-electron chi connectivity index (χ2n) is 11.9. The summed E-state index contributed by atoms with van der Waals surface area (Å²) in [7, 11) is 3.58. The van der Waals surface area contributed by atoms with Crippen molar-refractivity contribution < 1.29 is 22.3 Å². The van der Waals surface area contributed by atoms with Crippen LogP contribution in [0.3, 0.4) is 0 Å². The Kier molecular flexibility index (Phi) is 9.21. The van der Waals surface area contributed by atoms with Crippen LogP contribution in [0.1, 0.15) is 30.5 Å². The predicted molar refractivity (Wildman–Crippen MR) is 180 cm³/mol. The Hall–Kier alpha value is -4.45. The van der Waals surface area contributed by atoms with Crippen molar-refractivity contribution >= 4 is 60.6 Å². The van der Waals surface area contributed by atoms with Crippen molar-refractivity contribution in [2.24, 2.45) is 11.8 Å². The molecular formula is C33H31ClF4N8OS. The molecule has 15 heteroatoms. The number of aromatic nitrogens is 3. The molecule has 5 aromatic rings. The van der Waals surface area contributed by atoms with E-state index >= 15 is 4.39 Å². The summed E-state index contributed by atoms with van der Waals surface area (Å²) in [6.07, 6.45) is -0.662. The summed E-state index contributed by atoms with van der Waals surface area (Å²) in [5.74, 6) is -2.38. The minimum Gasteiger partial charge on any atom is -0.463 e. The standard InChI is InChI=1S/C33H31ClF4N8OS/c1-15(17-5-4-9-42-30(17)40)46(3)32-20-11-22(34)25(19-6-7-23(35)28-24(19)21(12-39)31(41)48-28)26(36)27(20)43-33(44-32)47-14-16-13-45(2)10-8-18(16)29(37)38/h4-7,9,11,15-16,18,29H,8,10,13-14,41H2,1-3H3,(H2,40,42)/t15-,16-,18-/m1/s1. The average molecular weight is 699 g/mol. The minimum absolute atomic E-state index is 0.00103. The third-order valence-corrected chi connectivity index (χ3v) is 10.3. The first-order chi connectivity index (χ1) is 22.9. The number of anilines is 3. The van der Waals surface area contributed by atoms with E-state index in [4.69, 9.17) is 27.8 Å². The topological polar surface area (TPSA) is 130 Å². The van der Waals surface area contributed by atoms with Gasteiger partial charge in [0.1, 0.15) is 34.0 Å². The van der Waals surface area contributed by atoms with Crippen LogP contribution >= 0.6 is 22.9 Å². The zero-order chi connectivity index (χ0) is 34.4. The molecule has 250 valence electrons. The van der Waals surface area contributed by atoms with Crippen LogP contribution in [-0.4, -0.2) is 60.1 Å². The van der Waals surface area contributed by atoms with Gasteiger partial charge in [-0.25, -0.2) is 22.5 Å². The largest absolute Gasteiger partial charge is 0.463 e. The van der Waals surface area contributed by atoms with E-state index in [0.29, 0.717) is 30.9 Å². The fraction of sp³-hybridized carbons (Fsp3) is 0.333. The van der Waals surface area contributed by atoms with Gasteiger partial charge in [-0.3, -0.25) is 0 Å². The first kappa shape index (κ1) is 33.5. The molecule has 3 aromatic heterocycles. The monoisotopic (exact) mass is 698 g/mol. The maximum absolute atomic E-state index is 16.9. The Morgan fingerprint density at radius 2 is 2.00 bits per heavy atom. The molecule has 1 aliphatic heterocycles. The van der Waals surface area contributed by atoms with E-state index in [1.54, 1.807) is 30.3 Å². The third kappa shape index (κ3) is 5.91. The summed E-state index contributed by atoms with van der Waals surface area (Å²) < 4.78 is 65.7. The van der Waals surface area contributed by atoms with Crippen LogP contribution in [0, 0.1) is 34.8 Å². The molecule has 4 N–H and O–H groups in total. The second-order valence-corrected chi connectivity index (χ2v) is 13.4. The lowest BCUT2D eigenvalue weighted by atomic mass is 9.86. The molecule has 4 heterocycles. The van der Waals surface area contributed by atoms with E-state index in [9.17, 15) is 18.4 Å². The van der Waals surface area contributed by atoms with Gasteiger partial charge in [0.25, 0.3) is 0 Å². The second kappa shape index (κ2) is 13.2. The van der Waals surface area contributed by atoms with Gasteiger partial charge in [-0.1, -0.05) is 23.7 Å². The van der Waals surface area contributed by atoms with Crippen LogP contribution in [-0.2, 0) is 0 Å². The van der Waals surface area contributed by atoms with Gasteiger partial charge in [-0.15, -0.1) is 11.3 Å². The molecule has 3 atom stereocenters. The highest BCUT2D eigenvalue weighted by Crippen LogP contribution is 2.46. The van der Waals surface area contributed by atoms with Crippen molar-refractivity contribution in [1.29, 1.82) is 5.26 Å². The van der Waals surface area contributed by atoms with Crippen molar-refractivity contribution in [3.05, 3.63) is 64.3 Å². The zero-order valence-electron chi connectivity index (χ0n) is 26.1. The van der Waals surface area contributed by atoms with Gasteiger partial charge in [-0.2, -0.15) is 15.2 Å². The summed E-state index contributed by atoms with van der Waals surface area (Å²) in [5.41, 5.74) is 12.7. The molecule has 0 radical (unpaired) electrons. The van der Waals surface area contributed by atoms with Crippen LogP contribution in [0.2, 0.25) is 5.02 Å². The molecule has 0 spiro atoms. The van der Waals surface area contributed by atoms with Gasteiger partial charge in [0.15, 0.2) is 5.82 Å². The summed E-state index contributed by atoms with van der Waals surface area (Å²) >= 11 is 7.67. The minimum atomic E-state index is -2.53. The quantitative estimate of drug-likeness (QED) is 0.161. The van der Waals surface area contributed by atoms with Crippen molar-refractivity contribution in [2.75, 3.05) is 50.2 Å². The van der Waals surface area contributed by atoms with Gasteiger partial charge in [0.05, 0.1) is 27.9 Å². The molecule has 0 bridgehead atoms. The lowest BCUT2D eigenvalue weighted by Gasteiger charge is -2.36. The van der Waals surface area contributed by atoms with Crippen LogP contribution in [0.25, 0.3) is 32.1 Å². The molecule has 6 rings (SSSR count). The number of nitrogens with two attached hydrogens (primary N) is 2. The highest BCUT2D eigenvalue weighted by molar-refractivity contribution is 7.23. The number of nitrogens with zero attached hydrogens (tertiary/aromatic N) is 6. The number of likely N-dealkylation sites (tertiary alicyclic amines) is 1. The fourth-order valence-electron chi connectivity index (χ4n) is 6.35. The Morgan fingerprint density at radius 3 is 2.71 bits per heavy atom. The maximum atomic E-state index is 16.9. The normalized spacial score (nSPS) is 17.6. The molecule has 1 saturated heterocycles. The highest BCUT2D eigenvalue weighted by Gasteiger charge is 2.35. The van der Waals surface area contributed by atoms with E-state index < -0.39 is 35.9 Å². The number of thiophene rings is 1. The molecule has 1 aliphatic rings. The number of nitrogen functional groups attached to an aromatic ring is 2. The number of rotatable bonds is 8. The number of nitriles is 1. The lowest BCUT2D eigenvalue weighted by molar-refractivity contribution is -0.0142. The smallest absolute Gasteiger partial charge is 0.319 e. The van der Waals surface area contributed by atoms with Gasteiger partial charge in [0, 0.05) is 53.5 Å². The molecule has 0 amide bonds. The molecule has 1 fully saturated rings. The molecule has 2 aromatic carbocycles. The lowest BCUT2D eigenvalue weighted by Crippen LogP contribution is -2.43. The highest BCUT2D eigenvalue weighted by atomic mass is 35.5. The van der Waals surface area contributed by atoms with E-state index in [0.717, 1.165) is 17.4 Å². The van der Waals surface area contributed by atoms with Gasteiger partial charge >= 0.3 is 6.01 Å². The summed E-state index contributed by atoms with van der Waals surface area (Å²) in [6, 6.07) is 8.86. The van der Waals surface area contributed by atoms with Crippen molar-refractivity contribution in [1.82, 2.24) is 19.9 Å². The number of piperidine rings is 1. The third-order valence-electron chi connectivity index (χ3n) is 9.02. The number of pyridine rings is 1. The summed E-state index contributed by atoms with van der Waals surface area (Å²) in [6.45, 7) is 2.65. The number of hydrogen-bond donors (Lipinski definition) is 2. The predicted octanol–water partition coefficient (Wildman–Crippen LogP) is 7.28. The first-order valence-corrected chi connectivity index (χ1v) is 16.2. The Balaban J connectivity index is 1.53. The van der Waals surface area contributed by atoms with Crippen molar-refractivity contribution in [3.8, 4) is 23.2 Å². The number of benzene rings is 2. The van der Waals surface area contributed by atoms with Crippen LogP contribution < -0.4 is 21.1 Å². The zero-order valence-corrected chi connectivity index (χ0v) is 27.7.